The van der Waals surface area contributed by atoms with Gasteiger partial charge in [-0.2, -0.15) is 0 Å². The normalized spacial score (nSPS) is 13.7. The molecule has 0 atom stereocenters. The third-order valence-corrected chi connectivity index (χ3v) is 11.3. The number of hydrogen-bond acceptors (Lipinski definition) is 2. The topological polar surface area (TPSA) is 35.1 Å². The number of rotatable bonds is 2. The average molecular weight is 852 g/mol. The third-order valence-electron chi connectivity index (χ3n) is 11.3. The van der Waals surface area contributed by atoms with Crippen molar-refractivity contribution in [3.05, 3.63) is 143 Å². The van der Waals surface area contributed by atoms with Crippen LogP contribution in [-0.2, 0) is 30.9 Å². The Morgan fingerprint density at radius 2 is 1.40 bits per heavy atom. The molecule has 1 radical (unpaired) electrons. The quantitative estimate of drug-likeness (QED) is 0.162. The van der Waals surface area contributed by atoms with Crippen LogP contribution in [0.4, 0.5) is 0 Å². The van der Waals surface area contributed by atoms with E-state index < -0.39 is 0 Å². The molecule has 0 spiro atoms. The Labute approximate surface area is 317 Å². The first-order valence-electron chi connectivity index (χ1n) is 17.9. The van der Waals surface area contributed by atoms with Crippen molar-refractivity contribution in [1.82, 2.24) is 18.9 Å². The number of nitrogens with zero attached hydrogens (tertiary/aromatic N) is 4. The first kappa shape index (κ1) is 32.8. The zero-order valence-electron chi connectivity index (χ0n) is 30.5. The Hall–Kier alpha value is -5.09. The van der Waals surface area contributed by atoms with Gasteiger partial charge in [0, 0.05) is 41.7 Å². The Bertz CT molecular complexity index is 2940. The molecule has 4 nitrogen and oxygen atoms in total. The summed E-state index contributed by atoms with van der Waals surface area (Å²) in [5, 5.41) is 3.45. The molecule has 0 bridgehead atoms. The van der Waals surface area contributed by atoms with Gasteiger partial charge in [0.25, 0.3) is 0 Å². The van der Waals surface area contributed by atoms with Gasteiger partial charge in [-0.1, -0.05) is 100 Å². The van der Waals surface area contributed by atoms with E-state index in [4.69, 9.17) is 9.97 Å². The van der Waals surface area contributed by atoms with Crippen molar-refractivity contribution in [3.8, 4) is 27.9 Å². The predicted molar refractivity (Wildman–Crippen MR) is 212 cm³/mol. The van der Waals surface area contributed by atoms with Crippen molar-refractivity contribution >= 4 is 49.4 Å². The maximum absolute atomic E-state index is 5.50. The van der Waals surface area contributed by atoms with Gasteiger partial charge in [-0.15, -0.1) is 18.2 Å². The SMILES string of the molecule is Cc1cc2nc3c4[c-]ccc(-c5ccc6c(c5)c5cc(-c7ccccc7)cc7c5n6-c5ccccc5C7(C)C)c4nc(C(C)(C)C)n3c2cc1C.[Ir]. The van der Waals surface area contributed by atoms with Crippen LogP contribution in [0.1, 0.15) is 62.7 Å². The standard InChI is InChI=1S/C47H39N4.Ir/c1-27-22-38-41(23-28(27)2)51-44(48-38)33-17-13-16-32(42(33)49-45(51)46(3,4)5)30-20-21-39-34(24-30)35-25-31(29-14-9-8-10-15-29)26-37-43(35)50(39)40-19-12-11-18-36(40)47(37,6)7;/h8-16,18-26H,1-7H3;/q-1;. The first-order valence-corrected chi connectivity index (χ1v) is 17.9. The van der Waals surface area contributed by atoms with Gasteiger partial charge in [-0.3, -0.25) is 9.97 Å². The Kier molecular flexibility index (Phi) is 7.07. The van der Waals surface area contributed by atoms with Gasteiger partial charge in [0.1, 0.15) is 5.82 Å². The van der Waals surface area contributed by atoms with Crippen molar-refractivity contribution in [1.29, 1.82) is 0 Å². The van der Waals surface area contributed by atoms with E-state index in [2.05, 4.69) is 167 Å². The maximum atomic E-state index is 5.50. The van der Waals surface area contributed by atoms with Crippen LogP contribution < -0.4 is 0 Å². The molecule has 3 aromatic heterocycles. The van der Waals surface area contributed by atoms with Crippen LogP contribution >= 0.6 is 0 Å². The average Bonchev–Trinajstić information content (AvgIpc) is 3.65. The van der Waals surface area contributed by atoms with E-state index in [9.17, 15) is 0 Å². The Morgan fingerprint density at radius 3 is 2.19 bits per heavy atom. The molecule has 0 saturated heterocycles. The van der Waals surface area contributed by atoms with Crippen LogP contribution in [0.5, 0.6) is 0 Å². The largest absolute Gasteiger partial charge is 0.321 e. The molecule has 6 aromatic carbocycles. The minimum Gasteiger partial charge on any atom is -0.321 e. The second-order valence-corrected chi connectivity index (χ2v) is 16.0. The van der Waals surface area contributed by atoms with Crippen molar-refractivity contribution in [2.45, 2.75) is 59.3 Å². The molecule has 52 heavy (non-hydrogen) atoms. The van der Waals surface area contributed by atoms with E-state index in [0.29, 0.717) is 0 Å². The van der Waals surface area contributed by atoms with Crippen molar-refractivity contribution < 1.29 is 20.1 Å². The van der Waals surface area contributed by atoms with E-state index in [-0.39, 0.29) is 30.9 Å². The smallest absolute Gasteiger partial charge is 0.102 e. The molecule has 9 aromatic rings. The predicted octanol–water partition coefficient (Wildman–Crippen LogP) is 11.8. The van der Waals surface area contributed by atoms with Crippen LogP contribution in [0.25, 0.3) is 77.3 Å². The zero-order chi connectivity index (χ0) is 35.0. The number of imidazole rings is 1. The number of aromatic nitrogens is 4. The van der Waals surface area contributed by atoms with Gasteiger partial charge in [0.05, 0.1) is 33.4 Å². The summed E-state index contributed by atoms with van der Waals surface area (Å²) >= 11 is 0. The molecular formula is C47H39IrN4-. The van der Waals surface area contributed by atoms with Gasteiger partial charge < -0.3 is 8.97 Å². The van der Waals surface area contributed by atoms with Crippen LogP contribution in [-0.4, -0.2) is 18.9 Å². The Balaban J connectivity index is 0.00000360. The van der Waals surface area contributed by atoms with Crippen LogP contribution in [0.3, 0.4) is 0 Å². The second kappa shape index (κ2) is 11.2. The van der Waals surface area contributed by atoms with Gasteiger partial charge >= 0.3 is 0 Å². The number of benzene rings is 6. The summed E-state index contributed by atoms with van der Waals surface area (Å²) in [5.41, 5.74) is 17.2. The summed E-state index contributed by atoms with van der Waals surface area (Å²) in [4.78, 5) is 10.7. The molecule has 1 aliphatic rings. The summed E-state index contributed by atoms with van der Waals surface area (Å²) in [5.74, 6) is 0.996. The molecule has 0 aliphatic carbocycles. The molecule has 1 aliphatic heterocycles. The molecule has 0 saturated carbocycles. The summed E-state index contributed by atoms with van der Waals surface area (Å²) < 4.78 is 4.76. The van der Waals surface area contributed by atoms with E-state index in [1.807, 2.05) is 6.07 Å². The van der Waals surface area contributed by atoms with E-state index in [0.717, 1.165) is 44.5 Å². The molecule has 10 rings (SSSR count). The third kappa shape index (κ3) is 4.49. The van der Waals surface area contributed by atoms with E-state index in [1.54, 1.807) is 0 Å². The van der Waals surface area contributed by atoms with Gasteiger partial charge in [-0.25, -0.2) is 0 Å². The number of para-hydroxylation sites is 1. The minimum absolute atomic E-state index is 0. The zero-order valence-corrected chi connectivity index (χ0v) is 32.9. The minimum atomic E-state index is -0.219. The van der Waals surface area contributed by atoms with Crippen LogP contribution in [0.15, 0.2) is 109 Å². The molecule has 257 valence electrons. The van der Waals surface area contributed by atoms with E-state index in [1.165, 1.54) is 60.9 Å². The number of aryl methyl sites for hydroxylation is 2. The second-order valence-electron chi connectivity index (χ2n) is 16.0. The summed E-state index contributed by atoms with van der Waals surface area (Å²) in [7, 11) is 0. The number of fused-ring (bicyclic) bond motifs is 10. The fourth-order valence-electron chi connectivity index (χ4n) is 8.57. The molecule has 0 unspecified atom stereocenters. The fourth-order valence-corrected chi connectivity index (χ4v) is 8.57. The molecular weight excluding hydrogens is 813 g/mol. The van der Waals surface area contributed by atoms with Gasteiger partial charge in [-0.05, 0) is 101 Å². The molecule has 5 heteroatoms. The van der Waals surface area contributed by atoms with Crippen LogP contribution in [0, 0.1) is 19.9 Å². The molecule has 0 fully saturated rings. The summed E-state index contributed by atoms with van der Waals surface area (Å²) in [6, 6.07) is 43.7. The summed E-state index contributed by atoms with van der Waals surface area (Å²) in [6.07, 6.45) is 0. The van der Waals surface area contributed by atoms with E-state index >= 15 is 0 Å². The first-order chi connectivity index (χ1) is 24.5. The van der Waals surface area contributed by atoms with Crippen LogP contribution in [0.2, 0.25) is 0 Å². The molecule has 0 N–H and O–H groups in total. The molecule has 0 amide bonds. The van der Waals surface area contributed by atoms with Gasteiger partial charge in [0.15, 0.2) is 0 Å². The van der Waals surface area contributed by atoms with Crippen molar-refractivity contribution in [2.75, 3.05) is 0 Å². The fraction of sp³-hybridized carbons (Fsp3) is 0.191. The maximum Gasteiger partial charge on any atom is 0.102 e. The number of hydrogen-bond donors (Lipinski definition) is 0. The Morgan fingerprint density at radius 1 is 0.673 bits per heavy atom. The molecule has 4 heterocycles. The van der Waals surface area contributed by atoms with Gasteiger partial charge in [0.2, 0.25) is 0 Å². The van der Waals surface area contributed by atoms with Crippen molar-refractivity contribution in [3.63, 3.8) is 0 Å². The monoisotopic (exact) mass is 852 g/mol. The summed E-state index contributed by atoms with van der Waals surface area (Å²) in [6.45, 7) is 15.8. The van der Waals surface area contributed by atoms with Crippen molar-refractivity contribution in [2.24, 2.45) is 0 Å².